The van der Waals surface area contributed by atoms with Gasteiger partial charge in [0.25, 0.3) is 0 Å². The minimum Gasteiger partial charge on any atom is -0.497 e. The third-order valence-electron chi connectivity index (χ3n) is 4.59. The number of nitrogens with zero attached hydrogens (tertiary/aromatic N) is 1. The van der Waals surface area contributed by atoms with Crippen molar-refractivity contribution in [1.29, 1.82) is 0 Å². The van der Waals surface area contributed by atoms with Crippen LogP contribution in [0.5, 0.6) is 11.5 Å². The summed E-state index contributed by atoms with van der Waals surface area (Å²) in [6.45, 7) is 0.218. The quantitative estimate of drug-likeness (QED) is 0.792. The molecule has 1 unspecified atom stereocenters. The molecule has 2 amide bonds. The van der Waals surface area contributed by atoms with Crippen LogP contribution in [-0.4, -0.2) is 43.7 Å². The average Bonchev–Trinajstić information content (AvgIpc) is 3.10. The number of anilines is 2. The number of methoxy groups -OCH3 is 2. The van der Waals surface area contributed by atoms with Crippen molar-refractivity contribution in [3.05, 3.63) is 48.0 Å². The minimum atomic E-state index is -1.18. The number of amides is 2. The first-order valence-corrected chi connectivity index (χ1v) is 8.59. The molecule has 0 saturated carbocycles. The molecule has 0 aromatic heterocycles. The molecule has 0 bridgehead atoms. The van der Waals surface area contributed by atoms with Gasteiger partial charge >= 0.3 is 5.97 Å². The van der Waals surface area contributed by atoms with Crippen LogP contribution in [0, 0.1) is 5.92 Å². The van der Waals surface area contributed by atoms with E-state index in [0.29, 0.717) is 17.2 Å². The zero-order valence-electron chi connectivity index (χ0n) is 15.5. The largest absolute Gasteiger partial charge is 0.497 e. The molecule has 1 heterocycles. The molecule has 1 fully saturated rings. The zero-order chi connectivity index (χ0) is 20.3. The van der Waals surface area contributed by atoms with E-state index in [1.54, 1.807) is 37.4 Å². The van der Waals surface area contributed by atoms with E-state index in [0.717, 1.165) is 0 Å². The average molecular weight is 384 g/mol. The van der Waals surface area contributed by atoms with Crippen molar-refractivity contribution in [1.82, 2.24) is 0 Å². The fourth-order valence-corrected chi connectivity index (χ4v) is 3.07. The lowest BCUT2D eigenvalue weighted by atomic mass is 10.1. The van der Waals surface area contributed by atoms with Gasteiger partial charge in [0.1, 0.15) is 11.5 Å². The molecule has 1 aliphatic rings. The van der Waals surface area contributed by atoms with Crippen LogP contribution in [0.3, 0.4) is 0 Å². The highest BCUT2D eigenvalue weighted by molar-refractivity contribution is 6.06. The normalized spacial score (nSPS) is 16.0. The topological polar surface area (TPSA) is 105 Å². The van der Waals surface area contributed by atoms with Gasteiger partial charge in [-0.2, -0.15) is 0 Å². The molecule has 3 rings (SSSR count). The van der Waals surface area contributed by atoms with Gasteiger partial charge in [-0.15, -0.1) is 0 Å². The van der Waals surface area contributed by atoms with Crippen molar-refractivity contribution < 1.29 is 29.0 Å². The number of carboxylic acids is 1. The van der Waals surface area contributed by atoms with Crippen LogP contribution in [0.1, 0.15) is 16.8 Å². The van der Waals surface area contributed by atoms with E-state index in [1.165, 1.54) is 24.1 Å². The third-order valence-corrected chi connectivity index (χ3v) is 4.59. The Hall–Kier alpha value is -3.55. The van der Waals surface area contributed by atoms with Crippen LogP contribution in [0.2, 0.25) is 0 Å². The molecule has 146 valence electrons. The number of carbonyl (C=O) groups excluding carboxylic acids is 2. The Balaban J connectivity index is 1.73. The second kappa shape index (κ2) is 7.99. The van der Waals surface area contributed by atoms with Gasteiger partial charge in [0.15, 0.2) is 0 Å². The van der Waals surface area contributed by atoms with Gasteiger partial charge in [-0.05, 0) is 42.5 Å². The van der Waals surface area contributed by atoms with Gasteiger partial charge in [0.2, 0.25) is 11.8 Å². The first-order valence-electron chi connectivity index (χ1n) is 8.59. The van der Waals surface area contributed by atoms with Crippen LogP contribution in [0.15, 0.2) is 42.5 Å². The number of rotatable bonds is 6. The zero-order valence-corrected chi connectivity index (χ0v) is 15.5. The molecular weight excluding hydrogens is 364 g/mol. The predicted octanol–water partition coefficient (Wildman–Crippen LogP) is 2.39. The Kier molecular flexibility index (Phi) is 5.49. The molecule has 28 heavy (non-hydrogen) atoms. The Labute approximate surface area is 161 Å². The maximum absolute atomic E-state index is 12.6. The fraction of sp³-hybridized carbons (Fsp3) is 0.250. The number of benzene rings is 2. The minimum absolute atomic E-state index is 0.0520. The van der Waals surface area contributed by atoms with Gasteiger partial charge < -0.3 is 24.8 Å². The summed E-state index contributed by atoms with van der Waals surface area (Å²) in [5, 5.41) is 12.0. The SMILES string of the molecule is COc1ccc(N2CC(C(=O)Nc3ccc(OC)cc3C(=O)O)CC2=O)cc1. The molecule has 2 aromatic carbocycles. The maximum atomic E-state index is 12.6. The lowest BCUT2D eigenvalue weighted by Crippen LogP contribution is -2.28. The highest BCUT2D eigenvalue weighted by Crippen LogP contribution is 2.28. The van der Waals surface area contributed by atoms with E-state index < -0.39 is 17.8 Å². The number of carbonyl (C=O) groups is 3. The Bertz CT molecular complexity index is 909. The van der Waals surface area contributed by atoms with Crippen LogP contribution in [0.4, 0.5) is 11.4 Å². The lowest BCUT2D eigenvalue weighted by molar-refractivity contribution is -0.122. The van der Waals surface area contributed by atoms with Gasteiger partial charge in [-0.25, -0.2) is 4.79 Å². The highest BCUT2D eigenvalue weighted by Gasteiger charge is 2.35. The Morgan fingerprint density at radius 1 is 1.07 bits per heavy atom. The number of carboxylic acid groups (broad SMARTS) is 1. The van der Waals surface area contributed by atoms with Gasteiger partial charge in [0, 0.05) is 18.7 Å². The number of aromatic carboxylic acids is 1. The number of hydrogen-bond acceptors (Lipinski definition) is 5. The summed E-state index contributed by atoms with van der Waals surface area (Å²) >= 11 is 0. The third kappa shape index (κ3) is 3.90. The summed E-state index contributed by atoms with van der Waals surface area (Å²) in [4.78, 5) is 38.0. The lowest BCUT2D eigenvalue weighted by Gasteiger charge is -2.17. The second-order valence-electron chi connectivity index (χ2n) is 6.31. The second-order valence-corrected chi connectivity index (χ2v) is 6.31. The summed E-state index contributed by atoms with van der Waals surface area (Å²) in [7, 11) is 2.98. The van der Waals surface area contributed by atoms with Crippen molar-refractivity contribution in [2.24, 2.45) is 5.92 Å². The van der Waals surface area contributed by atoms with Gasteiger partial charge in [0.05, 0.1) is 31.4 Å². The van der Waals surface area contributed by atoms with E-state index in [9.17, 15) is 19.5 Å². The molecule has 2 aromatic rings. The van der Waals surface area contributed by atoms with Gasteiger partial charge in [-0.1, -0.05) is 0 Å². The van der Waals surface area contributed by atoms with E-state index >= 15 is 0 Å². The Morgan fingerprint density at radius 2 is 1.71 bits per heavy atom. The van der Waals surface area contributed by atoms with E-state index in [4.69, 9.17) is 9.47 Å². The van der Waals surface area contributed by atoms with Crippen molar-refractivity contribution in [3.63, 3.8) is 0 Å². The molecular formula is C20H20N2O6. The molecule has 0 aliphatic carbocycles. The number of hydrogen-bond donors (Lipinski definition) is 2. The van der Waals surface area contributed by atoms with Crippen LogP contribution in [0.25, 0.3) is 0 Å². The monoisotopic (exact) mass is 384 g/mol. The molecule has 1 aliphatic heterocycles. The molecule has 8 nitrogen and oxygen atoms in total. The standard InChI is InChI=1S/C20H20N2O6/c1-27-14-5-3-13(4-6-14)22-11-12(9-18(22)23)19(24)21-17-8-7-15(28-2)10-16(17)20(25)26/h3-8,10,12H,9,11H2,1-2H3,(H,21,24)(H,25,26). The van der Waals surface area contributed by atoms with E-state index in [-0.39, 0.29) is 30.1 Å². The molecule has 2 N–H and O–H groups in total. The Morgan fingerprint density at radius 3 is 2.32 bits per heavy atom. The molecule has 1 saturated heterocycles. The first-order chi connectivity index (χ1) is 13.4. The molecule has 8 heteroatoms. The summed E-state index contributed by atoms with van der Waals surface area (Å²) in [5.41, 5.74) is 0.759. The molecule has 0 spiro atoms. The molecule has 1 atom stereocenters. The van der Waals surface area contributed by atoms with E-state index in [2.05, 4.69) is 5.32 Å². The summed E-state index contributed by atoms with van der Waals surface area (Å²) in [6.07, 6.45) is 0.0520. The van der Waals surface area contributed by atoms with Crippen LogP contribution < -0.4 is 19.7 Å². The smallest absolute Gasteiger partial charge is 0.337 e. The number of nitrogens with one attached hydrogen (secondary N) is 1. The highest BCUT2D eigenvalue weighted by atomic mass is 16.5. The summed E-state index contributed by atoms with van der Waals surface area (Å²) < 4.78 is 10.1. The van der Waals surface area contributed by atoms with Crippen molar-refractivity contribution in [3.8, 4) is 11.5 Å². The predicted molar refractivity (Wildman–Crippen MR) is 102 cm³/mol. The summed E-state index contributed by atoms with van der Waals surface area (Å²) in [5.74, 6) is -1.30. The van der Waals surface area contributed by atoms with E-state index in [1.807, 2.05) is 0 Å². The fourth-order valence-electron chi connectivity index (χ4n) is 3.07. The maximum Gasteiger partial charge on any atom is 0.337 e. The van der Waals surface area contributed by atoms with Crippen molar-refractivity contribution in [2.75, 3.05) is 31.0 Å². The first kappa shape index (κ1) is 19.2. The van der Waals surface area contributed by atoms with Crippen LogP contribution >= 0.6 is 0 Å². The summed E-state index contributed by atoms with van der Waals surface area (Å²) in [6, 6.07) is 11.4. The van der Waals surface area contributed by atoms with Crippen LogP contribution in [-0.2, 0) is 9.59 Å². The van der Waals surface area contributed by atoms with Gasteiger partial charge in [-0.3, -0.25) is 9.59 Å². The van der Waals surface area contributed by atoms with Crippen molar-refractivity contribution >= 4 is 29.2 Å². The molecule has 0 radical (unpaired) electrons. The van der Waals surface area contributed by atoms with Crippen molar-refractivity contribution in [2.45, 2.75) is 6.42 Å². The number of ether oxygens (including phenoxy) is 2.